The van der Waals surface area contributed by atoms with Crippen LogP contribution in [0, 0.1) is 15.9 Å². The van der Waals surface area contributed by atoms with E-state index in [4.69, 9.17) is 27.9 Å². The van der Waals surface area contributed by atoms with Crippen LogP contribution >= 0.6 is 23.2 Å². The average Bonchev–Trinajstić information content (AvgIpc) is 2.58. The summed E-state index contributed by atoms with van der Waals surface area (Å²) >= 11 is 11.3. The summed E-state index contributed by atoms with van der Waals surface area (Å²) in [5.74, 6) is -1.52. The molecule has 0 aliphatic rings. The molecule has 25 heavy (non-hydrogen) atoms. The number of carbonyl (C=O) groups is 1. The number of para-hydroxylation sites is 1. The first-order chi connectivity index (χ1) is 11.9. The molecule has 0 heterocycles. The SMILES string of the molecule is O=C(Nc1cc(OC/C=C/Cl)c(Cl)cc1F)c1ccccc1[N+](=O)[O-]. The molecule has 1 N–H and O–H groups in total. The molecular weight excluding hydrogens is 374 g/mol. The van der Waals surface area contributed by atoms with E-state index in [0.717, 1.165) is 6.07 Å². The van der Waals surface area contributed by atoms with Gasteiger partial charge in [0.2, 0.25) is 0 Å². The highest BCUT2D eigenvalue weighted by Gasteiger charge is 2.21. The van der Waals surface area contributed by atoms with Gasteiger partial charge in [0.25, 0.3) is 11.6 Å². The van der Waals surface area contributed by atoms with E-state index in [1.54, 1.807) is 0 Å². The molecule has 6 nitrogen and oxygen atoms in total. The number of halogens is 3. The number of amides is 1. The van der Waals surface area contributed by atoms with Crippen molar-refractivity contribution in [3.63, 3.8) is 0 Å². The second-order valence-electron chi connectivity index (χ2n) is 4.66. The number of nitro benzene ring substituents is 1. The van der Waals surface area contributed by atoms with Crippen LogP contribution in [-0.2, 0) is 0 Å². The van der Waals surface area contributed by atoms with Crippen LogP contribution in [0.2, 0.25) is 5.02 Å². The maximum absolute atomic E-state index is 14.0. The summed E-state index contributed by atoms with van der Waals surface area (Å²) in [6.07, 6.45) is 1.49. The second kappa shape index (κ2) is 8.46. The standard InChI is InChI=1S/C16H11Cl2FN2O4/c17-6-3-7-25-15-9-13(12(19)8-11(15)18)20-16(22)10-4-1-2-5-14(10)21(23)24/h1-6,8-9H,7H2,(H,20,22)/b6-3+. The highest BCUT2D eigenvalue weighted by molar-refractivity contribution is 6.32. The van der Waals surface area contributed by atoms with Gasteiger partial charge in [-0.25, -0.2) is 4.39 Å². The van der Waals surface area contributed by atoms with Crippen LogP contribution in [0.15, 0.2) is 48.0 Å². The van der Waals surface area contributed by atoms with Crippen LogP contribution in [0.4, 0.5) is 15.8 Å². The Labute approximate surface area is 152 Å². The largest absolute Gasteiger partial charge is 0.488 e. The molecule has 0 aliphatic carbocycles. The van der Waals surface area contributed by atoms with E-state index in [-0.39, 0.29) is 28.6 Å². The highest BCUT2D eigenvalue weighted by Crippen LogP contribution is 2.31. The fourth-order valence-corrected chi connectivity index (χ4v) is 2.20. The first kappa shape index (κ1) is 18.7. The maximum atomic E-state index is 14.0. The molecule has 2 aromatic carbocycles. The molecule has 0 atom stereocenters. The van der Waals surface area contributed by atoms with Crippen LogP contribution in [0.5, 0.6) is 5.75 Å². The quantitative estimate of drug-likeness (QED) is 0.574. The van der Waals surface area contributed by atoms with Gasteiger partial charge in [-0.3, -0.25) is 14.9 Å². The van der Waals surface area contributed by atoms with Crippen molar-refractivity contribution in [2.45, 2.75) is 0 Å². The zero-order valence-electron chi connectivity index (χ0n) is 12.5. The van der Waals surface area contributed by atoms with E-state index < -0.39 is 22.3 Å². The first-order valence-corrected chi connectivity index (χ1v) is 7.67. The number of rotatable bonds is 6. The molecule has 0 spiro atoms. The van der Waals surface area contributed by atoms with Gasteiger partial charge in [0, 0.05) is 17.7 Å². The molecule has 9 heteroatoms. The van der Waals surface area contributed by atoms with Gasteiger partial charge in [-0.1, -0.05) is 35.3 Å². The minimum Gasteiger partial charge on any atom is -0.488 e. The number of nitro groups is 1. The number of nitrogens with zero attached hydrogens (tertiary/aromatic N) is 1. The van der Waals surface area contributed by atoms with E-state index in [9.17, 15) is 19.3 Å². The highest BCUT2D eigenvalue weighted by atomic mass is 35.5. The second-order valence-corrected chi connectivity index (χ2v) is 5.32. The minimum atomic E-state index is -0.833. The fraction of sp³-hybridized carbons (Fsp3) is 0.0625. The van der Waals surface area contributed by atoms with Crippen molar-refractivity contribution >= 4 is 40.5 Å². The number of ether oxygens (including phenoxy) is 1. The molecule has 0 saturated carbocycles. The van der Waals surface area contributed by atoms with Crippen molar-refractivity contribution < 1.29 is 18.8 Å². The summed E-state index contributed by atoms with van der Waals surface area (Å²) in [6.45, 7) is 0.0897. The predicted molar refractivity (Wildman–Crippen MR) is 92.9 cm³/mol. The molecule has 130 valence electrons. The third kappa shape index (κ3) is 4.68. The zero-order chi connectivity index (χ0) is 18.4. The van der Waals surface area contributed by atoms with Crippen molar-refractivity contribution in [1.29, 1.82) is 0 Å². The molecular formula is C16H11Cl2FN2O4. The first-order valence-electron chi connectivity index (χ1n) is 6.86. The van der Waals surface area contributed by atoms with E-state index in [2.05, 4.69) is 5.32 Å². The van der Waals surface area contributed by atoms with Crippen LogP contribution in [0.3, 0.4) is 0 Å². The Kier molecular flexibility index (Phi) is 6.32. The lowest BCUT2D eigenvalue weighted by Gasteiger charge is -2.11. The summed E-state index contributed by atoms with van der Waals surface area (Å²) in [7, 11) is 0. The number of nitrogens with one attached hydrogen (secondary N) is 1. The molecule has 2 rings (SSSR count). The lowest BCUT2D eigenvalue weighted by molar-refractivity contribution is -0.385. The summed E-state index contributed by atoms with van der Waals surface area (Å²) in [6, 6.07) is 7.49. The molecule has 0 unspecified atom stereocenters. The van der Waals surface area contributed by atoms with Gasteiger partial charge in [0.05, 0.1) is 15.6 Å². The Morgan fingerprint density at radius 3 is 2.76 bits per heavy atom. The normalized spacial score (nSPS) is 10.7. The third-order valence-corrected chi connectivity index (χ3v) is 3.51. The zero-order valence-corrected chi connectivity index (χ0v) is 14.1. The summed E-state index contributed by atoms with van der Waals surface area (Å²) in [5, 5.41) is 13.3. The lowest BCUT2D eigenvalue weighted by Crippen LogP contribution is -2.15. The summed E-state index contributed by atoms with van der Waals surface area (Å²) < 4.78 is 19.3. The van der Waals surface area contributed by atoms with E-state index in [1.807, 2.05) is 0 Å². The van der Waals surface area contributed by atoms with Crippen LogP contribution < -0.4 is 10.1 Å². The number of hydrogen-bond acceptors (Lipinski definition) is 4. The lowest BCUT2D eigenvalue weighted by atomic mass is 10.1. The molecule has 0 bridgehead atoms. The van der Waals surface area contributed by atoms with Gasteiger partial charge in [-0.15, -0.1) is 0 Å². The molecule has 2 aromatic rings. The predicted octanol–water partition coefficient (Wildman–Crippen LogP) is 4.77. The Morgan fingerprint density at radius 1 is 1.36 bits per heavy atom. The summed E-state index contributed by atoms with van der Waals surface area (Å²) in [5.41, 5.74) is 0.430. The number of anilines is 1. The maximum Gasteiger partial charge on any atom is 0.282 e. The minimum absolute atomic E-state index is 0.00385. The van der Waals surface area contributed by atoms with Gasteiger partial charge < -0.3 is 10.1 Å². The van der Waals surface area contributed by atoms with Crippen LogP contribution in [0.25, 0.3) is 0 Å². The monoisotopic (exact) mass is 384 g/mol. The molecule has 0 fully saturated rings. The van der Waals surface area contributed by atoms with Gasteiger partial charge in [0.15, 0.2) is 0 Å². The Hall–Kier alpha value is -2.64. The topological polar surface area (TPSA) is 81.5 Å². The van der Waals surface area contributed by atoms with Gasteiger partial charge in [0.1, 0.15) is 23.7 Å². The van der Waals surface area contributed by atoms with Crippen LogP contribution in [0.1, 0.15) is 10.4 Å². The van der Waals surface area contributed by atoms with Gasteiger partial charge in [-0.05, 0) is 18.2 Å². The fourth-order valence-electron chi connectivity index (χ4n) is 1.92. The van der Waals surface area contributed by atoms with E-state index in [1.165, 1.54) is 41.9 Å². The van der Waals surface area contributed by atoms with Crippen molar-refractivity contribution in [2.24, 2.45) is 0 Å². The summed E-state index contributed by atoms with van der Waals surface area (Å²) in [4.78, 5) is 22.6. The van der Waals surface area contributed by atoms with E-state index >= 15 is 0 Å². The Balaban J connectivity index is 2.29. The molecule has 0 radical (unpaired) electrons. The van der Waals surface area contributed by atoms with Crippen molar-refractivity contribution in [3.8, 4) is 5.75 Å². The van der Waals surface area contributed by atoms with Gasteiger partial charge in [-0.2, -0.15) is 0 Å². The smallest absolute Gasteiger partial charge is 0.282 e. The number of carbonyl (C=O) groups excluding carboxylic acids is 1. The molecule has 0 aromatic heterocycles. The average molecular weight is 385 g/mol. The number of hydrogen-bond donors (Lipinski definition) is 1. The number of benzene rings is 2. The molecule has 0 aliphatic heterocycles. The van der Waals surface area contributed by atoms with Crippen molar-refractivity contribution in [1.82, 2.24) is 0 Å². The van der Waals surface area contributed by atoms with E-state index in [0.29, 0.717) is 0 Å². The van der Waals surface area contributed by atoms with Crippen molar-refractivity contribution in [3.05, 3.63) is 74.5 Å². The Morgan fingerprint density at radius 2 is 2.08 bits per heavy atom. The van der Waals surface area contributed by atoms with Gasteiger partial charge >= 0.3 is 0 Å². The van der Waals surface area contributed by atoms with Crippen molar-refractivity contribution in [2.75, 3.05) is 11.9 Å². The van der Waals surface area contributed by atoms with Crippen LogP contribution in [-0.4, -0.2) is 17.4 Å². The molecule has 1 amide bonds. The molecule has 0 saturated heterocycles. The Bertz CT molecular complexity index is 843. The third-order valence-electron chi connectivity index (χ3n) is 3.04.